The summed E-state index contributed by atoms with van der Waals surface area (Å²) in [5.41, 5.74) is 1.56. The second kappa shape index (κ2) is 13.0. The third-order valence-electron chi connectivity index (χ3n) is 6.59. The number of carbonyl (C=O) groups excluding carboxylic acids is 2. The van der Waals surface area contributed by atoms with Gasteiger partial charge >= 0.3 is 6.09 Å². The molecule has 2 amide bonds. The molecule has 0 aliphatic carbocycles. The van der Waals surface area contributed by atoms with Gasteiger partial charge in [-0.25, -0.2) is 9.18 Å². The van der Waals surface area contributed by atoms with Crippen LogP contribution in [0.25, 0.3) is 0 Å². The van der Waals surface area contributed by atoms with Crippen molar-refractivity contribution < 1.29 is 23.5 Å². The van der Waals surface area contributed by atoms with Crippen LogP contribution in [0, 0.1) is 5.82 Å². The molecular formula is C31H34Cl2FN3O4. The van der Waals surface area contributed by atoms with Crippen LogP contribution in [-0.4, -0.2) is 48.7 Å². The number of benzene rings is 3. The lowest BCUT2D eigenvalue weighted by Gasteiger charge is -2.35. The van der Waals surface area contributed by atoms with E-state index < -0.39 is 17.5 Å². The SMILES string of the molecule is CN(Cc1ccc(Cl)cc1Oc1ccc(Cl)c(F)c1)C(=O)c1ccccc1N1CCC(NC(=O)OC(C)(C)C)CC1. The Balaban J connectivity index is 1.44. The average molecular weight is 603 g/mol. The van der Waals surface area contributed by atoms with Crippen LogP contribution in [0.15, 0.2) is 60.7 Å². The maximum absolute atomic E-state index is 14.0. The molecule has 0 atom stereocenters. The minimum Gasteiger partial charge on any atom is -0.457 e. The normalized spacial score (nSPS) is 14.0. The second-order valence-corrected chi connectivity index (χ2v) is 11.9. The molecule has 41 heavy (non-hydrogen) atoms. The van der Waals surface area contributed by atoms with Crippen LogP contribution in [0.2, 0.25) is 10.0 Å². The largest absolute Gasteiger partial charge is 0.457 e. The molecule has 1 saturated heterocycles. The minimum absolute atomic E-state index is 0.00353. The molecule has 0 saturated carbocycles. The van der Waals surface area contributed by atoms with Crippen molar-refractivity contribution >= 4 is 40.9 Å². The molecule has 1 fully saturated rings. The van der Waals surface area contributed by atoms with Gasteiger partial charge in [-0.2, -0.15) is 0 Å². The second-order valence-electron chi connectivity index (χ2n) is 11.0. The number of piperidine rings is 1. The summed E-state index contributed by atoms with van der Waals surface area (Å²) in [6.45, 7) is 7.10. The molecule has 4 rings (SSSR count). The minimum atomic E-state index is -0.596. The summed E-state index contributed by atoms with van der Waals surface area (Å²) in [6, 6.07) is 16.8. The molecule has 0 unspecified atom stereocenters. The molecule has 10 heteroatoms. The van der Waals surface area contributed by atoms with E-state index in [1.807, 2.05) is 45.0 Å². The zero-order chi connectivity index (χ0) is 29.7. The van der Waals surface area contributed by atoms with E-state index in [1.165, 1.54) is 12.1 Å². The van der Waals surface area contributed by atoms with Crippen molar-refractivity contribution in [2.24, 2.45) is 0 Å². The van der Waals surface area contributed by atoms with Crippen LogP contribution >= 0.6 is 23.2 Å². The number of hydrogen-bond donors (Lipinski definition) is 1. The molecule has 1 aliphatic heterocycles. The predicted octanol–water partition coefficient (Wildman–Crippen LogP) is 7.69. The van der Waals surface area contributed by atoms with E-state index in [0.717, 1.165) is 18.5 Å². The zero-order valence-electron chi connectivity index (χ0n) is 23.5. The summed E-state index contributed by atoms with van der Waals surface area (Å²) >= 11 is 12.0. The van der Waals surface area contributed by atoms with Crippen molar-refractivity contribution in [1.82, 2.24) is 10.2 Å². The lowest BCUT2D eigenvalue weighted by atomic mass is 10.0. The number of nitrogens with one attached hydrogen (secondary N) is 1. The van der Waals surface area contributed by atoms with E-state index in [9.17, 15) is 14.0 Å². The first-order valence-electron chi connectivity index (χ1n) is 13.4. The smallest absolute Gasteiger partial charge is 0.407 e. The Morgan fingerprint density at radius 3 is 2.44 bits per heavy atom. The number of hydrogen-bond acceptors (Lipinski definition) is 5. The van der Waals surface area contributed by atoms with E-state index in [-0.39, 0.29) is 29.3 Å². The summed E-state index contributed by atoms with van der Waals surface area (Å²) in [5.74, 6) is -0.0830. The number of ether oxygens (including phenoxy) is 2. The van der Waals surface area contributed by atoms with Crippen molar-refractivity contribution in [3.05, 3.63) is 87.7 Å². The van der Waals surface area contributed by atoms with Gasteiger partial charge in [0, 0.05) is 55.1 Å². The molecule has 7 nitrogen and oxygen atoms in total. The van der Waals surface area contributed by atoms with Gasteiger partial charge in [-0.3, -0.25) is 4.79 Å². The third kappa shape index (κ3) is 8.27. The van der Waals surface area contributed by atoms with E-state index in [1.54, 1.807) is 36.2 Å². The van der Waals surface area contributed by atoms with Crippen molar-refractivity contribution in [2.75, 3.05) is 25.0 Å². The zero-order valence-corrected chi connectivity index (χ0v) is 25.1. The number of rotatable bonds is 7. The van der Waals surface area contributed by atoms with Gasteiger partial charge < -0.3 is 24.6 Å². The van der Waals surface area contributed by atoms with Gasteiger partial charge in [0.15, 0.2) is 0 Å². The highest BCUT2D eigenvalue weighted by atomic mass is 35.5. The predicted molar refractivity (Wildman–Crippen MR) is 160 cm³/mol. The van der Waals surface area contributed by atoms with Gasteiger partial charge in [0.05, 0.1) is 10.6 Å². The standard InChI is InChI=1S/C31H34Cl2FN3O4/c1-31(2,3)41-30(39)35-22-13-15-37(16-14-22)27-8-6-5-7-24(27)29(38)36(4)19-20-9-10-21(32)17-28(20)40-23-11-12-25(33)26(34)18-23/h5-12,17-18,22H,13-16,19H2,1-4H3,(H,35,39). The Morgan fingerprint density at radius 1 is 1.05 bits per heavy atom. The fourth-order valence-corrected chi connectivity index (χ4v) is 4.90. The lowest BCUT2D eigenvalue weighted by Crippen LogP contribution is -2.46. The number of carbonyl (C=O) groups is 2. The van der Waals surface area contributed by atoms with E-state index >= 15 is 0 Å². The molecule has 3 aromatic carbocycles. The van der Waals surface area contributed by atoms with Crippen molar-refractivity contribution in [3.63, 3.8) is 0 Å². The molecule has 1 aliphatic rings. The molecule has 0 bridgehead atoms. The number of para-hydroxylation sites is 1. The number of anilines is 1. The van der Waals surface area contributed by atoms with Crippen molar-refractivity contribution in [3.8, 4) is 11.5 Å². The lowest BCUT2D eigenvalue weighted by molar-refractivity contribution is 0.0497. The fraction of sp³-hybridized carbons (Fsp3) is 0.355. The summed E-state index contributed by atoms with van der Waals surface area (Å²) in [6.07, 6.45) is 1.04. The number of nitrogens with zero attached hydrogens (tertiary/aromatic N) is 2. The van der Waals surface area contributed by atoms with Crippen LogP contribution < -0.4 is 15.0 Å². The van der Waals surface area contributed by atoms with Gasteiger partial charge in [0.1, 0.15) is 22.9 Å². The Labute approximate surface area is 250 Å². The fourth-order valence-electron chi connectivity index (χ4n) is 4.62. The Bertz CT molecular complexity index is 1400. The van der Waals surface area contributed by atoms with E-state index in [2.05, 4.69) is 10.2 Å². The van der Waals surface area contributed by atoms with Gasteiger partial charge in [-0.05, 0) is 70.0 Å². The molecule has 0 aromatic heterocycles. The summed E-state index contributed by atoms with van der Waals surface area (Å²) < 4.78 is 25.3. The van der Waals surface area contributed by atoms with Gasteiger partial charge in [0.25, 0.3) is 5.91 Å². The maximum Gasteiger partial charge on any atom is 0.407 e. The maximum atomic E-state index is 14.0. The first-order valence-corrected chi connectivity index (χ1v) is 14.2. The average Bonchev–Trinajstić information content (AvgIpc) is 2.91. The first-order chi connectivity index (χ1) is 19.4. The van der Waals surface area contributed by atoms with Gasteiger partial charge in [-0.15, -0.1) is 0 Å². The molecular weight excluding hydrogens is 568 g/mol. The topological polar surface area (TPSA) is 71.1 Å². The molecule has 0 spiro atoms. The van der Waals surface area contributed by atoms with Gasteiger partial charge in [-0.1, -0.05) is 41.4 Å². The Morgan fingerprint density at radius 2 is 1.76 bits per heavy atom. The highest BCUT2D eigenvalue weighted by Crippen LogP contribution is 2.32. The summed E-state index contributed by atoms with van der Waals surface area (Å²) in [4.78, 5) is 29.6. The molecule has 1 N–H and O–H groups in total. The molecule has 0 radical (unpaired) electrons. The molecule has 1 heterocycles. The molecule has 3 aromatic rings. The number of alkyl carbamates (subject to hydrolysis) is 1. The van der Waals surface area contributed by atoms with Crippen LogP contribution in [-0.2, 0) is 11.3 Å². The third-order valence-corrected chi connectivity index (χ3v) is 7.13. The van der Waals surface area contributed by atoms with Crippen molar-refractivity contribution in [1.29, 1.82) is 0 Å². The van der Waals surface area contributed by atoms with Crippen LogP contribution in [0.4, 0.5) is 14.9 Å². The quantitative estimate of drug-likeness (QED) is 0.300. The Hall–Kier alpha value is -3.49. The monoisotopic (exact) mass is 601 g/mol. The van der Waals surface area contributed by atoms with Crippen LogP contribution in [0.5, 0.6) is 11.5 Å². The van der Waals surface area contributed by atoms with Crippen LogP contribution in [0.1, 0.15) is 49.5 Å². The Kier molecular flexibility index (Phi) is 9.66. The van der Waals surface area contributed by atoms with Crippen molar-refractivity contribution in [2.45, 2.75) is 51.8 Å². The van der Waals surface area contributed by atoms with Gasteiger partial charge in [0.2, 0.25) is 0 Å². The van der Waals surface area contributed by atoms with Crippen LogP contribution in [0.3, 0.4) is 0 Å². The number of amides is 2. The highest BCUT2D eigenvalue weighted by molar-refractivity contribution is 6.31. The first kappa shape index (κ1) is 30.5. The number of halogens is 3. The summed E-state index contributed by atoms with van der Waals surface area (Å²) in [7, 11) is 1.72. The van der Waals surface area contributed by atoms with E-state index in [4.69, 9.17) is 32.7 Å². The highest BCUT2D eigenvalue weighted by Gasteiger charge is 2.26. The van der Waals surface area contributed by atoms with E-state index in [0.29, 0.717) is 35.0 Å². The summed E-state index contributed by atoms with van der Waals surface area (Å²) in [5, 5.41) is 3.39. The molecule has 218 valence electrons.